The molecule has 1 aromatic rings. The van der Waals surface area contributed by atoms with Gasteiger partial charge in [-0.25, -0.2) is 0 Å². The molecule has 0 amide bonds. The summed E-state index contributed by atoms with van der Waals surface area (Å²) < 4.78 is 28.8. The number of benzene rings is 1. The minimum absolute atomic E-state index is 0.00320. The molecule has 0 N–H and O–H groups in total. The fraction of sp³-hybridized carbons (Fsp3) is 0.462. The van der Waals surface area contributed by atoms with Gasteiger partial charge in [0.2, 0.25) is 0 Å². The fourth-order valence-electron chi connectivity index (χ4n) is 1.28. The van der Waals surface area contributed by atoms with Gasteiger partial charge in [0, 0.05) is 11.8 Å². The molecule has 0 aromatic heterocycles. The van der Waals surface area contributed by atoms with Crippen molar-refractivity contribution < 1.29 is 12.6 Å². The summed E-state index contributed by atoms with van der Waals surface area (Å²) in [6.45, 7) is 5.46. The maximum absolute atomic E-state index is 11.9. The summed E-state index contributed by atoms with van der Waals surface area (Å²) in [4.78, 5) is 0.140. The summed E-state index contributed by atoms with van der Waals surface area (Å²) in [7, 11) is -3.74. The maximum Gasteiger partial charge on any atom is 0.296 e. The highest BCUT2D eigenvalue weighted by atomic mass is 32.2. The number of aryl methyl sites for hydroxylation is 1. The van der Waals surface area contributed by atoms with Crippen LogP contribution in [0.5, 0.6) is 0 Å². The van der Waals surface area contributed by atoms with Crippen LogP contribution in [0.4, 0.5) is 0 Å². The highest BCUT2D eigenvalue weighted by molar-refractivity contribution is 7.86. The van der Waals surface area contributed by atoms with E-state index in [1.165, 1.54) is 12.1 Å². The van der Waals surface area contributed by atoms with Crippen LogP contribution in [0.2, 0.25) is 0 Å². The van der Waals surface area contributed by atoms with Gasteiger partial charge < -0.3 is 0 Å². The van der Waals surface area contributed by atoms with Gasteiger partial charge >= 0.3 is 0 Å². The number of hydrogen-bond donors (Lipinski definition) is 0. The van der Waals surface area contributed by atoms with Crippen molar-refractivity contribution in [2.24, 2.45) is 5.41 Å². The Hall–Kier alpha value is -1.38. The highest BCUT2D eigenvalue weighted by Gasteiger charge is 2.23. The van der Waals surface area contributed by atoms with Gasteiger partial charge in [0.05, 0.1) is 17.6 Å². The summed E-state index contributed by atoms with van der Waals surface area (Å²) in [5.74, 6) is 0. The lowest BCUT2D eigenvalue weighted by atomic mass is 9.92. The van der Waals surface area contributed by atoms with E-state index < -0.39 is 15.5 Å². The molecule has 0 unspecified atom stereocenters. The molecule has 0 aliphatic heterocycles. The van der Waals surface area contributed by atoms with Crippen molar-refractivity contribution in [2.75, 3.05) is 6.61 Å². The van der Waals surface area contributed by atoms with E-state index in [9.17, 15) is 8.42 Å². The summed E-state index contributed by atoms with van der Waals surface area (Å²) in [5.41, 5.74) is 0.505. The van der Waals surface area contributed by atoms with Gasteiger partial charge in [-0.2, -0.15) is 13.7 Å². The second kappa shape index (κ2) is 5.51. The molecule has 0 saturated carbocycles. The third-order valence-corrected chi connectivity index (χ3v) is 3.75. The summed E-state index contributed by atoms with van der Waals surface area (Å²) in [6, 6.07) is 8.49. The van der Waals surface area contributed by atoms with Gasteiger partial charge in [-0.3, -0.25) is 4.18 Å². The molecule has 18 heavy (non-hydrogen) atoms. The Balaban J connectivity index is 2.78. The zero-order chi connectivity index (χ0) is 13.8. The van der Waals surface area contributed by atoms with Gasteiger partial charge in [-0.05, 0) is 19.1 Å². The Morgan fingerprint density at radius 1 is 1.28 bits per heavy atom. The van der Waals surface area contributed by atoms with E-state index in [1.807, 2.05) is 13.0 Å². The summed E-state index contributed by atoms with van der Waals surface area (Å²) >= 11 is 0. The first kappa shape index (κ1) is 14.7. The predicted octanol–water partition coefficient (Wildman–Crippen LogP) is 2.64. The standard InChI is InChI=1S/C13H17NO3S/c1-11-4-6-12(7-5-11)18(15,16)17-10-13(2,3)8-9-14/h4-7H,8,10H2,1-3H3. The molecule has 1 rings (SSSR count). The smallest absolute Gasteiger partial charge is 0.266 e. The zero-order valence-corrected chi connectivity index (χ0v) is 11.6. The van der Waals surface area contributed by atoms with Crippen molar-refractivity contribution in [1.29, 1.82) is 5.26 Å². The first-order valence-corrected chi connectivity index (χ1v) is 7.01. The van der Waals surface area contributed by atoms with Crippen LogP contribution in [-0.2, 0) is 14.3 Å². The first-order valence-electron chi connectivity index (χ1n) is 5.60. The molecule has 5 heteroatoms. The molecule has 0 aliphatic carbocycles. The Bertz CT molecular complexity index is 539. The molecule has 4 nitrogen and oxygen atoms in total. The van der Waals surface area contributed by atoms with E-state index in [2.05, 4.69) is 0 Å². The van der Waals surface area contributed by atoms with E-state index in [4.69, 9.17) is 9.44 Å². The fourth-order valence-corrected chi connectivity index (χ4v) is 2.35. The molecule has 0 aliphatic rings. The molecule has 0 saturated heterocycles. The molecule has 98 valence electrons. The highest BCUT2D eigenvalue weighted by Crippen LogP contribution is 2.23. The van der Waals surface area contributed by atoms with E-state index >= 15 is 0 Å². The van der Waals surface area contributed by atoms with Crippen molar-refractivity contribution in [1.82, 2.24) is 0 Å². The van der Waals surface area contributed by atoms with Crippen LogP contribution in [0.25, 0.3) is 0 Å². The molecular formula is C13H17NO3S. The minimum atomic E-state index is -3.74. The van der Waals surface area contributed by atoms with E-state index in [-0.39, 0.29) is 17.9 Å². The second-order valence-corrected chi connectivity index (χ2v) is 6.64. The van der Waals surface area contributed by atoms with Crippen LogP contribution in [0, 0.1) is 23.7 Å². The lowest BCUT2D eigenvalue weighted by Gasteiger charge is -2.20. The van der Waals surface area contributed by atoms with Crippen LogP contribution >= 0.6 is 0 Å². The number of nitrogens with zero attached hydrogens (tertiary/aromatic N) is 1. The molecule has 0 heterocycles. The SMILES string of the molecule is Cc1ccc(S(=O)(=O)OCC(C)(C)CC#N)cc1. The minimum Gasteiger partial charge on any atom is -0.266 e. The second-order valence-electron chi connectivity index (χ2n) is 5.03. The molecule has 0 bridgehead atoms. The Kier molecular flexibility index (Phi) is 4.49. The third-order valence-electron chi connectivity index (χ3n) is 2.47. The van der Waals surface area contributed by atoms with Crippen molar-refractivity contribution >= 4 is 10.1 Å². The van der Waals surface area contributed by atoms with Crippen LogP contribution in [-0.4, -0.2) is 15.0 Å². The van der Waals surface area contributed by atoms with Crippen molar-refractivity contribution in [3.63, 3.8) is 0 Å². The first-order chi connectivity index (χ1) is 8.27. The Morgan fingerprint density at radius 2 is 1.83 bits per heavy atom. The van der Waals surface area contributed by atoms with E-state index in [0.717, 1.165) is 5.56 Å². The topological polar surface area (TPSA) is 67.2 Å². The van der Waals surface area contributed by atoms with Crippen molar-refractivity contribution in [2.45, 2.75) is 32.1 Å². The maximum atomic E-state index is 11.9. The van der Waals surface area contributed by atoms with E-state index in [1.54, 1.807) is 26.0 Å². The molecule has 0 spiro atoms. The number of rotatable bonds is 5. The van der Waals surface area contributed by atoms with Crippen LogP contribution in [0.3, 0.4) is 0 Å². The molecule has 0 fully saturated rings. The Labute approximate surface area is 108 Å². The number of nitriles is 1. The molecule has 0 atom stereocenters. The van der Waals surface area contributed by atoms with Crippen molar-refractivity contribution in [3.8, 4) is 6.07 Å². The summed E-state index contributed by atoms with van der Waals surface area (Å²) in [6.07, 6.45) is 0.246. The molecule has 0 radical (unpaired) electrons. The number of hydrogen-bond acceptors (Lipinski definition) is 4. The lowest BCUT2D eigenvalue weighted by molar-refractivity contribution is 0.189. The Morgan fingerprint density at radius 3 is 2.33 bits per heavy atom. The largest absolute Gasteiger partial charge is 0.296 e. The lowest BCUT2D eigenvalue weighted by Crippen LogP contribution is -2.21. The normalized spacial score (nSPS) is 12.1. The molecule has 1 aromatic carbocycles. The average molecular weight is 267 g/mol. The quantitative estimate of drug-likeness (QED) is 0.769. The zero-order valence-electron chi connectivity index (χ0n) is 10.8. The van der Waals surface area contributed by atoms with E-state index in [0.29, 0.717) is 0 Å². The third kappa shape index (κ3) is 4.13. The monoisotopic (exact) mass is 267 g/mol. The van der Waals surface area contributed by atoms with Crippen LogP contribution in [0.1, 0.15) is 25.8 Å². The van der Waals surface area contributed by atoms with Crippen LogP contribution < -0.4 is 0 Å². The van der Waals surface area contributed by atoms with Gasteiger partial charge in [0.1, 0.15) is 0 Å². The van der Waals surface area contributed by atoms with Crippen molar-refractivity contribution in [3.05, 3.63) is 29.8 Å². The van der Waals surface area contributed by atoms with Gasteiger partial charge in [0.25, 0.3) is 10.1 Å². The van der Waals surface area contributed by atoms with Crippen LogP contribution in [0.15, 0.2) is 29.2 Å². The average Bonchev–Trinajstić information content (AvgIpc) is 2.27. The molecular weight excluding hydrogens is 250 g/mol. The predicted molar refractivity (Wildman–Crippen MR) is 68.3 cm³/mol. The van der Waals surface area contributed by atoms with Gasteiger partial charge in [-0.15, -0.1) is 0 Å². The van der Waals surface area contributed by atoms with Gasteiger partial charge in [0.15, 0.2) is 0 Å². The van der Waals surface area contributed by atoms with Gasteiger partial charge in [-0.1, -0.05) is 31.5 Å². The summed E-state index contributed by atoms with van der Waals surface area (Å²) in [5, 5.41) is 8.62.